The monoisotopic (exact) mass is 346 g/mol. The van der Waals surface area contributed by atoms with Gasteiger partial charge in [-0.3, -0.25) is 9.59 Å². The minimum atomic E-state index is 0.00218. The molecule has 0 heterocycles. The zero-order valence-electron chi connectivity index (χ0n) is 15.5. The molecule has 1 unspecified atom stereocenters. The lowest BCUT2D eigenvalue weighted by Gasteiger charge is -2.28. The Balaban J connectivity index is 1.78. The molecule has 1 aliphatic rings. The van der Waals surface area contributed by atoms with E-state index in [-0.39, 0.29) is 29.7 Å². The molecule has 25 heavy (non-hydrogen) atoms. The van der Waals surface area contributed by atoms with Crippen molar-refractivity contribution in [3.05, 3.63) is 29.8 Å². The number of rotatable bonds is 7. The van der Waals surface area contributed by atoms with Gasteiger partial charge in [0.1, 0.15) is 5.75 Å². The van der Waals surface area contributed by atoms with Crippen LogP contribution < -0.4 is 15.4 Å². The summed E-state index contributed by atoms with van der Waals surface area (Å²) in [6.07, 6.45) is 4.06. The number of methoxy groups -OCH3 is 1. The molecule has 2 amide bonds. The Labute approximate surface area is 150 Å². The lowest BCUT2D eigenvalue weighted by atomic mass is 9.81. The largest absolute Gasteiger partial charge is 0.496 e. The van der Waals surface area contributed by atoms with Crippen molar-refractivity contribution in [2.45, 2.75) is 58.5 Å². The average molecular weight is 346 g/mol. The smallest absolute Gasteiger partial charge is 0.223 e. The zero-order valence-corrected chi connectivity index (χ0v) is 15.5. The molecule has 138 valence electrons. The Morgan fingerprint density at radius 3 is 2.32 bits per heavy atom. The van der Waals surface area contributed by atoms with E-state index in [0.717, 1.165) is 43.4 Å². The fourth-order valence-corrected chi connectivity index (χ4v) is 3.26. The summed E-state index contributed by atoms with van der Waals surface area (Å²) < 4.78 is 5.31. The molecule has 0 bridgehead atoms. The molecule has 1 atom stereocenters. The number of hydrogen-bond acceptors (Lipinski definition) is 3. The molecular weight excluding hydrogens is 316 g/mol. The third kappa shape index (κ3) is 5.48. The normalized spacial score (nSPS) is 21.2. The number of para-hydroxylation sites is 1. The Bertz CT molecular complexity index is 580. The third-order valence-electron chi connectivity index (χ3n) is 5.12. The number of amides is 2. The molecule has 1 saturated carbocycles. The van der Waals surface area contributed by atoms with Crippen molar-refractivity contribution in [1.29, 1.82) is 0 Å². The Hall–Kier alpha value is -2.04. The lowest BCUT2D eigenvalue weighted by Crippen LogP contribution is -2.40. The summed E-state index contributed by atoms with van der Waals surface area (Å²) in [6.45, 7) is 4.56. The van der Waals surface area contributed by atoms with Gasteiger partial charge in [0.2, 0.25) is 11.8 Å². The first-order valence-electron chi connectivity index (χ1n) is 9.25. The van der Waals surface area contributed by atoms with Crippen LogP contribution in [-0.4, -0.2) is 25.0 Å². The van der Waals surface area contributed by atoms with Gasteiger partial charge in [0.05, 0.1) is 7.11 Å². The van der Waals surface area contributed by atoms with Crippen LogP contribution in [0.15, 0.2) is 24.3 Å². The summed E-state index contributed by atoms with van der Waals surface area (Å²) in [5, 5.41) is 6.06. The first kappa shape index (κ1) is 19.3. The van der Waals surface area contributed by atoms with Gasteiger partial charge in [0.15, 0.2) is 0 Å². The maximum Gasteiger partial charge on any atom is 0.223 e. The van der Waals surface area contributed by atoms with E-state index >= 15 is 0 Å². The summed E-state index contributed by atoms with van der Waals surface area (Å²) in [6, 6.07) is 7.91. The molecule has 5 nitrogen and oxygen atoms in total. The molecule has 1 fully saturated rings. The predicted octanol–water partition coefficient (Wildman–Crippen LogP) is 3.03. The van der Waals surface area contributed by atoms with Crippen molar-refractivity contribution >= 4 is 11.8 Å². The maximum atomic E-state index is 12.4. The van der Waals surface area contributed by atoms with E-state index in [4.69, 9.17) is 4.74 Å². The molecule has 1 aromatic carbocycles. The van der Waals surface area contributed by atoms with E-state index in [1.165, 1.54) is 0 Å². The topological polar surface area (TPSA) is 67.4 Å². The molecular formula is C20H30N2O3. The zero-order chi connectivity index (χ0) is 18.2. The van der Waals surface area contributed by atoms with Gasteiger partial charge in [0.25, 0.3) is 0 Å². The summed E-state index contributed by atoms with van der Waals surface area (Å²) in [5.41, 5.74) is 0.972. The van der Waals surface area contributed by atoms with Crippen LogP contribution in [-0.2, 0) is 16.1 Å². The summed E-state index contributed by atoms with van der Waals surface area (Å²) in [5.74, 6) is 1.05. The van der Waals surface area contributed by atoms with Crippen molar-refractivity contribution in [2.75, 3.05) is 7.11 Å². The molecule has 0 saturated heterocycles. The molecule has 0 aliphatic heterocycles. The second kappa shape index (κ2) is 9.44. The van der Waals surface area contributed by atoms with E-state index in [0.29, 0.717) is 6.54 Å². The standard InChI is InChI=1S/C20H30N2O3/c1-4-14(2)22-20(24)16-11-9-15(10-12-16)19(23)21-13-17-7-5-6-8-18(17)25-3/h5-8,14-16H,4,9-13H2,1-3H3,(H,21,23)(H,22,24). The van der Waals surface area contributed by atoms with Crippen LogP contribution in [0.25, 0.3) is 0 Å². The summed E-state index contributed by atoms with van der Waals surface area (Å²) in [7, 11) is 1.63. The SMILES string of the molecule is CCC(C)NC(=O)C1CCC(C(=O)NCc2ccccc2OC)CC1. The number of ether oxygens (including phenoxy) is 1. The molecule has 5 heteroatoms. The number of nitrogens with one attached hydrogen (secondary N) is 2. The van der Waals surface area contributed by atoms with Gasteiger partial charge in [-0.2, -0.15) is 0 Å². The molecule has 0 radical (unpaired) electrons. The van der Waals surface area contributed by atoms with Gasteiger partial charge >= 0.3 is 0 Å². The van der Waals surface area contributed by atoms with Crippen LogP contribution in [0.3, 0.4) is 0 Å². The van der Waals surface area contributed by atoms with Gasteiger partial charge in [0, 0.05) is 30.0 Å². The number of hydrogen-bond donors (Lipinski definition) is 2. The van der Waals surface area contributed by atoms with Crippen molar-refractivity contribution in [1.82, 2.24) is 10.6 Å². The molecule has 0 aromatic heterocycles. The fourth-order valence-electron chi connectivity index (χ4n) is 3.26. The van der Waals surface area contributed by atoms with Gasteiger partial charge in [-0.1, -0.05) is 25.1 Å². The third-order valence-corrected chi connectivity index (χ3v) is 5.12. The van der Waals surface area contributed by atoms with E-state index < -0.39 is 0 Å². The highest BCUT2D eigenvalue weighted by Gasteiger charge is 2.30. The first-order valence-corrected chi connectivity index (χ1v) is 9.25. The Morgan fingerprint density at radius 2 is 1.72 bits per heavy atom. The van der Waals surface area contributed by atoms with Crippen LogP contribution in [0.5, 0.6) is 5.75 Å². The van der Waals surface area contributed by atoms with Gasteiger partial charge in [-0.05, 0) is 45.1 Å². The van der Waals surface area contributed by atoms with Crippen molar-refractivity contribution in [3.63, 3.8) is 0 Å². The second-order valence-electron chi connectivity index (χ2n) is 6.90. The highest BCUT2D eigenvalue weighted by molar-refractivity contribution is 5.81. The Kier molecular flexibility index (Phi) is 7.29. The molecule has 2 rings (SSSR count). The van der Waals surface area contributed by atoms with E-state index in [1.807, 2.05) is 31.2 Å². The van der Waals surface area contributed by atoms with Crippen molar-refractivity contribution in [3.8, 4) is 5.75 Å². The number of benzene rings is 1. The molecule has 1 aliphatic carbocycles. The van der Waals surface area contributed by atoms with Crippen LogP contribution >= 0.6 is 0 Å². The average Bonchev–Trinajstić information content (AvgIpc) is 2.66. The predicted molar refractivity (Wildman–Crippen MR) is 98.2 cm³/mol. The number of carbonyl (C=O) groups excluding carboxylic acids is 2. The van der Waals surface area contributed by atoms with Crippen LogP contribution in [0.4, 0.5) is 0 Å². The molecule has 1 aromatic rings. The first-order chi connectivity index (χ1) is 12.0. The fraction of sp³-hybridized carbons (Fsp3) is 0.600. The van der Waals surface area contributed by atoms with E-state index in [2.05, 4.69) is 17.6 Å². The van der Waals surface area contributed by atoms with Crippen molar-refractivity contribution < 1.29 is 14.3 Å². The molecule has 2 N–H and O–H groups in total. The summed E-state index contributed by atoms with van der Waals surface area (Å²) >= 11 is 0. The minimum Gasteiger partial charge on any atom is -0.496 e. The van der Waals surface area contributed by atoms with Crippen LogP contribution in [0.1, 0.15) is 51.5 Å². The Morgan fingerprint density at radius 1 is 1.12 bits per heavy atom. The van der Waals surface area contributed by atoms with Gasteiger partial charge in [-0.15, -0.1) is 0 Å². The number of carbonyl (C=O) groups is 2. The minimum absolute atomic E-state index is 0.00218. The van der Waals surface area contributed by atoms with E-state index in [9.17, 15) is 9.59 Å². The van der Waals surface area contributed by atoms with Crippen LogP contribution in [0, 0.1) is 11.8 Å². The summed E-state index contributed by atoms with van der Waals surface area (Å²) in [4.78, 5) is 24.6. The van der Waals surface area contributed by atoms with Crippen LogP contribution in [0.2, 0.25) is 0 Å². The highest BCUT2D eigenvalue weighted by atomic mass is 16.5. The van der Waals surface area contributed by atoms with Crippen molar-refractivity contribution in [2.24, 2.45) is 11.8 Å². The maximum absolute atomic E-state index is 12.4. The molecule has 0 spiro atoms. The highest BCUT2D eigenvalue weighted by Crippen LogP contribution is 2.29. The lowest BCUT2D eigenvalue weighted by molar-refractivity contribution is -0.131. The van der Waals surface area contributed by atoms with Gasteiger partial charge in [-0.25, -0.2) is 0 Å². The van der Waals surface area contributed by atoms with Gasteiger partial charge < -0.3 is 15.4 Å². The second-order valence-corrected chi connectivity index (χ2v) is 6.90. The van der Waals surface area contributed by atoms with E-state index in [1.54, 1.807) is 7.11 Å². The quantitative estimate of drug-likeness (QED) is 0.797.